The van der Waals surface area contributed by atoms with E-state index in [0.717, 1.165) is 22.6 Å². The molecule has 3 aromatic rings. The van der Waals surface area contributed by atoms with Crippen LogP contribution in [-0.2, 0) is 42.1 Å². The van der Waals surface area contributed by atoms with E-state index in [1.807, 2.05) is 0 Å². The van der Waals surface area contributed by atoms with Crippen LogP contribution in [-0.4, -0.2) is 88.2 Å². The molecule has 0 aliphatic heterocycles. The first kappa shape index (κ1) is 71.8. The molecule has 0 bridgehead atoms. The summed E-state index contributed by atoms with van der Waals surface area (Å²) in [6, 6.07) is 19.3. The zero-order valence-corrected chi connectivity index (χ0v) is 48.8. The molecule has 0 N–H and O–H groups in total. The average molecular weight is 1270 g/mol. The molecule has 0 heterocycles. The Morgan fingerprint density at radius 3 is 0.694 bits per heavy atom. The summed E-state index contributed by atoms with van der Waals surface area (Å²) < 4.78 is 9.85. The van der Waals surface area contributed by atoms with E-state index in [0.29, 0.717) is 48.4 Å². The Morgan fingerprint density at radius 2 is 0.565 bits per heavy atom. The number of hydrogen-bond acceptors (Lipinski definition) is 2. The van der Waals surface area contributed by atoms with Crippen LogP contribution in [0.15, 0.2) is 66.7 Å². The van der Waals surface area contributed by atoms with Crippen molar-refractivity contribution in [2.75, 3.05) is 88.2 Å². The maximum Gasteiger partial charge on any atom is 2.00 e. The first-order valence-corrected chi connectivity index (χ1v) is 29.0. The molecule has 0 aliphatic carbocycles. The van der Waals surface area contributed by atoms with Gasteiger partial charge in [-0.05, 0) is 104 Å². The van der Waals surface area contributed by atoms with Crippen molar-refractivity contribution < 1.29 is 51.6 Å². The Hall–Kier alpha value is -1.84. The maximum atomic E-state index is 6.88. The molecule has 346 valence electrons. The SMILES string of the molecule is CCP(CC)CC.CCP(CC)CC.CCP(CC)CC.CCP(CC)CC.[C-]#Cc1cc(C#[C-])cc(C#C)c1.[C-]#Cc1ccc(OC)cc1.[C-]#Cc1ccc(OC)cc1.[Pt+2].[Pt+2]. The summed E-state index contributed by atoms with van der Waals surface area (Å²) in [5.41, 5.74) is 3.31. The summed E-state index contributed by atoms with van der Waals surface area (Å²) in [6.07, 6.45) is 49.5. The fourth-order valence-electron chi connectivity index (χ4n) is 4.89. The third kappa shape index (κ3) is 40.9. The fraction of sp³-hybridized carbons (Fsp3) is 0.481. The van der Waals surface area contributed by atoms with Gasteiger partial charge in [-0.1, -0.05) is 89.0 Å². The molecule has 0 aromatic heterocycles. The Kier molecular flexibility index (Phi) is 61.9. The smallest absolute Gasteiger partial charge is 0.497 e. The quantitative estimate of drug-likeness (QED) is 0.0910. The van der Waals surface area contributed by atoms with Gasteiger partial charge in [0.1, 0.15) is 11.5 Å². The summed E-state index contributed by atoms with van der Waals surface area (Å²) in [6.45, 7) is 27.5. The Bertz CT molecular complexity index is 1420. The zero-order chi connectivity index (χ0) is 46.6. The Labute approximate surface area is 419 Å². The van der Waals surface area contributed by atoms with E-state index in [9.17, 15) is 0 Å². The summed E-state index contributed by atoms with van der Waals surface area (Å²) in [4.78, 5) is 0. The molecule has 0 saturated carbocycles. The maximum absolute atomic E-state index is 6.88. The van der Waals surface area contributed by atoms with Crippen molar-refractivity contribution in [1.82, 2.24) is 0 Å². The van der Waals surface area contributed by atoms with Crippen molar-refractivity contribution in [3.05, 3.63) is 120 Å². The van der Waals surface area contributed by atoms with Crippen LogP contribution in [0.2, 0.25) is 0 Å². The van der Waals surface area contributed by atoms with Gasteiger partial charge >= 0.3 is 42.1 Å². The first-order valence-electron chi connectivity index (χ1n) is 21.4. The monoisotopic (exact) mass is 1270 g/mol. The molecule has 8 heteroatoms. The van der Waals surface area contributed by atoms with Crippen LogP contribution in [0.1, 0.15) is 111 Å². The van der Waals surface area contributed by atoms with E-state index >= 15 is 0 Å². The molecule has 2 nitrogen and oxygen atoms in total. The minimum absolute atomic E-state index is 0. The van der Waals surface area contributed by atoms with Gasteiger partial charge in [0.15, 0.2) is 0 Å². The van der Waals surface area contributed by atoms with E-state index in [2.05, 4.69) is 113 Å². The first-order chi connectivity index (χ1) is 28.9. The van der Waals surface area contributed by atoms with Crippen LogP contribution in [0.25, 0.3) is 0 Å². The van der Waals surface area contributed by atoms with Crippen LogP contribution in [0, 0.1) is 61.7 Å². The van der Waals surface area contributed by atoms with Crippen molar-refractivity contribution in [2.24, 2.45) is 0 Å². The van der Waals surface area contributed by atoms with Crippen LogP contribution in [0.4, 0.5) is 0 Å². The molecule has 3 rings (SSSR count). The molecule has 62 heavy (non-hydrogen) atoms. The van der Waals surface area contributed by atoms with Gasteiger partial charge in [0.05, 0.1) is 14.2 Å². The molecule has 0 aliphatic rings. The molecule has 3 aromatic carbocycles. The van der Waals surface area contributed by atoms with Crippen molar-refractivity contribution in [3.63, 3.8) is 0 Å². The van der Waals surface area contributed by atoms with Crippen molar-refractivity contribution in [1.29, 1.82) is 0 Å². The van der Waals surface area contributed by atoms with Crippen molar-refractivity contribution in [3.8, 4) is 47.5 Å². The van der Waals surface area contributed by atoms with Crippen molar-refractivity contribution in [2.45, 2.75) is 83.1 Å². The molecule has 0 atom stereocenters. The van der Waals surface area contributed by atoms with E-state index < -0.39 is 0 Å². The number of hydrogen-bond donors (Lipinski definition) is 0. The van der Waals surface area contributed by atoms with Gasteiger partial charge < -0.3 is 35.2 Å². The molecule has 0 spiro atoms. The number of benzene rings is 3. The average Bonchev–Trinajstić information content (AvgIpc) is 3.32. The number of rotatable bonds is 14. The van der Waals surface area contributed by atoms with Gasteiger partial charge in [-0.15, -0.1) is 96.8 Å². The second-order valence-electron chi connectivity index (χ2n) is 12.4. The molecule has 0 radical (unpaired) electrons. The second-order valence-corrected chi connectivity index (χ2v) is 25.3. The molecule has 0 saturated heterocycles. The van der Waals surface area contributed by atoms with Gasteiger partial charge in [0.2, 0.25) is 0 Å². The number of methoxy groups -OCH3 is 2. The van der Waals surface area contributed by atoms with E-state index in [4.69, 9.17) is 41.6 Å². The predicted octanol–water partition coefficient (Wildman–Crippen LogP) is 14.9. The topological polar surface area (TPSA) is 18.5 Å². The van der Waals surface area contributed by atoms with Gasteiger partial charge in [0.25, 0.3) is 0 Å². The number of terminal acetylenes is 1. The molecule has 0 unspecified atom stereocenters. The third-order valence-electron chi connectivity index (χ3n) is 9.22. The van der Waals surface area contributed by atoms with E-state index in [1.165, 1.54) is 73.9 Å². The normalized spacial score (nSPS) is 8.85. The molecular formula is C54H78O2P4Pt2. The van der Waals surface area contributed by atoms with Gasteiger partial charge in [-0.3, -0.25) is 23.7 Å². The summed E-state index contributed by atoms with van der Waals surface area (Å²) in [5, 5.41) is 0. The second kappa shape index (κ2) is 53.5. The van der Waals surface area contributed by atoms with Crippen molar-refractivity contribution >= 4 is 31.7 Å². The van der Waals surface area contributed by atoms with Crippen LogP contribution in [0.3, 0.4) is 0 Å². The fourth-order valence-corrected chi connectivity index (χ4v) is 10.3. The predicted molar refractivity (Wildman–Crippen MR) is 279 cm³/mol. The van der Waals surface area contributed by atoms with Gasteiger partial charge in [0, 0.05) is 0 Å². The zero-order valence-electron chi connectivity index (χ0n) is 40.7. The molecular weight excluding hydrogens is 1190 g/mol. The van der Waals surface area contributed by atoms with Gasteiger partial charge in [-0.25, -0.2) is 0 Å². The van der Waals surface area contributed by atoms with E-state index in [1.54, 1.807) is 80.9 Å². The summed E-state index contributed by atoms with van der Waals surface area (Å²) in [5.74, 6) is 13.0. The van der Waals surface area contributed by atoms with E-state index in [-0.39, 0.29) is 42.1 Å². The largest absolute Gasteiger partial charge is 2.00 e. The molecule has 0 fully saturated rings. The van der Waals surface area contributed by atoms with Crippen LogP contribution in [0.5, 0.6) is 11.5 Å². The van der Waals surface area contributed by atoms with Crippen LogP contribution < -0.4 is 9.47 Å². The Balaban J connectivity index is -0.000000149. The van der Waals surface area contributed by atoms with Gasteiger partial charge in [-0.2, -0.15) is 6.07 Å². The standard InChI is InChI=1S/C12H4.2C9H7O.4C6H15P.2Pt/c1-4-10-7-11(5-2)9-12(6-3)8-10;2*1-3-8-4-6-9(10-2)7-5-8;4*1-4-7(5-2)6-3;;/h1,7-9H;2*4-7H,2H3;4*4-6H2,1-3H3;;/q-2;2*-1;;;;;2*+2. The minimum atomic E-state index is 0. The van der Waals surface area contributed by atoms with Crippen LogP contribution >= 0.6 is 31.7 Å². The summed E-state index contributed by atoms with van der Waals surface area (Å²) >= 11 is 0. The summed E-state index contributed by atoms with van der Waals surface area (Å²) in [7, 11) is 5.01. The number of ether oxygens (including phenoxy) is 2. The minimum Gasteiger partial charge on any atom is -0.497 e. The third-order valence-corrected chi connectivity index (χ3v) is 20.0. The molecule has 0 amide bonds. The Morgan fingerprint density at radius 1 is 0.371 bits per heavy atom.